The van der Waals surface area contributed by atoms with Gasteiger partial charge in [0.05, 0.1) is 17.1 Å². The zero-order valence-corrected chi connectivity index (χ0v) is 45.3. The average Bonchev–Trinajstić information content (AvgIpc) is 4.25. The second kappa shape index (κ2) is 22.0. The Morgan fingerprint density at radius 3 is 0.684 bits per heavy atom. The Morgan fingerprint density at radius 1 is 0.263 bits per heavy atom. The third-order valence-electron chi connectivity index (χ3n) is 13.8. The SMILES string of the molecule is Cc1cc(-c2ccccc2P(c2ccccc2)c2ccccc2)nn1[B-](n1nc(-c2ccccc2P(c2ccccc2)c2ccccc2)cc1C)n1nc(-c2ccccc2P(c2ccccc2)c2ccccc2)cc1C. The van der Waals surface area contributed by atoms with Crippen LogP contribution in [0.2, 0.25) is 0 Å². The number of nitrogens with zero attached hydrogens (tertiary/aromatic N) is 6. The van der Waals surface area contributed by atoms with E-state index in [1.54, 1.807) is 0 Å². The summed E-state index contributed by atoms with van der Waals surface area (Å²) in [6.45, 7) is 6.48. The molecule has 0 fully saturated rings. The molecule has 6 nitrogen and oxygen atoms in total. The summed E-state index contributed by atoms with van der Waals surface area (Å²) >= 11 is 0. The third-order valence-corrected chi connectivity index (χ3v) is 21.3. The lowest BCUT2D eigenvalue weighted by Crippen LogP contribution is -2.45. The quantitative estimate of drug-likeness (QED) is 0.0759. The van der Waals surface area contributed by atoms with Crippen LogP contribution in [0.4, 0.5) is 0 Å². The van der Waals surface area contributed by atoms with Crippen molar-refractivity contribution in [2.75, 3.05) is 0 Å². The van der Waals surface area contributed by atoms with E-state index in [2.05, 4.69) is 308 Å². The molecule has 0 N–H and O–H groups in total. The van der Waals surface area contributed by atoms with E-state index >= 15 is 0 Å². The van der Waals surface area contributed by atoms with E-state index in [9.17, 15) is 0 Å². The molecule has 0 aliphatic carbocycles. The highest BCUT2D eigenvalue weighted by molar-refractivity contribution is 7.81. The van der Waals surface area contributed by atoms with Gasteiger partial charge in [-0.1, -0.05) is 255 Å². The molecule has 3 heterocycles. The minimum atomic E-state index is -0.915. The standard InChI is InChI=1S/C66H54BN6P3/c1-49-46-61(58-40-22-25-43-64(58)74(52-28-10-4-11-29-52)53-30-12-5-13-31-53)68-71(49)67(72-50(2)47-62(69-72)59-41-23-26-44-65(59)75(54-32-14-6-15-33-54)55-34-16-7-17-35-55)73-51(3)48-63(70-73)60-42-24-27-45-66(60)76(56-36-18-8-19-37-56)57-38-20-9-21-39-57/h4-48H,1-3H3/q-1. The zero-order chi connectivity index (χ0) is 51.4. The topological polar surface area (TPSA) is 53.5 Å². The summed E-state index contributed by atoms with van der Waals surface area (Å²) in [4.78, 5) is 0. The molecular formula is C66H54BN6P3-. The van der Waals surface area contributed by atoms with Gasteiger partial charge in [-0.3, -0.25) is 0 Å². The highest BCUT2D eigenvalue weighted by Crippen LogP contribution is 2.40. The molecule has 76 heavy (non-hydrogen) atoms. The van der Waals surface area contributed by atoms with Crippen LogP contribution < -0.4 is 47.7 Å². The van der Waals surface area contributed by atoms with E-state index in [-0.39, 0.29) is 0 Å². The lowest BCUT2D eigenvalue weighted by atomic mass is 9.93. The Morgan fingerprint density at radius 2 is 0.461 bits per heavy atom. The fourth-order valence-electron chi connectivity index (χ4n) is 10.3. The monoisotopic (exact) mass is 1030 g/mol. The van der Waals surface area contributed by atoms with E-state index in [0.717, 1.165) is 50.9 Å². The van der Waals surface area contributed by atoms with Gasteiger partial charge in [-0.2, -0.15) is 0 Å². The van der Waals surface area contributed by atoms with Gasteiger partial charge in [0.25, 0.3) is 7.12 Å². The first-order chi connectivity index (χ1) is 37.5. The van der Waals surface area contributed by atoms with Crippen LogP contribution in [0.5, 0.6) is 0 Å². The van der Waals surface area contributed by atoms with Crippen molar-refractivity contribution in [2.45, 2.75) is 20.8 Å². The van der Waals surface area contributed by atoms with Crippen molar-refractivity contribution in [3.8, 4) is 33.8 Å². The number of hydrogen-bond donors (Lipinski definition) is 0. The van der Waals surface area contributed by atoms with Crippen molar-refractivity contribution in [1.29, 1.82) is 0 Å². The number of benzene rings is 9. The molecule has 0 amide bonds. The lowest BCUT2D eigenvalue weighted by molar-refractivity contribution is 0.743. The van der Waals surface area contributed by atoms with Gasteiger partial charge in [0.1, 0.15) is 0 Å². The molecule has 0 aliphatic rings. The predicted octanol–water partition coefficient (Wildman–Crippen LogP) is 11.4. The van der Waals surface area contributed by atoms with Gasteiger partial charge >= 0.3 is 0 Å². The van der Waals surface area contributed by atoms with Crippen LogP contribution >= 0.6 is 23.8 Å². The number of aryl methyl sites for hydroxylation is 3. The first kappa shape index (κ1) is 48.9. The molecule has 10 heteroatoms. The summed E-state index contributed by atoms with van der Waals surface area (Å²) in [5.41, 5.74) is 8.97. The number of aromatic nitrogens is 6. The van der Waals surface area contributed by atoms with Crippen molar-refractivity contribution in [3.05, 3.63) is 290 Å². The van der Waals surface area contributed by atoms with Crippen LogP contribution in [0.15, 0.2) is 273 Å². The summed E-state index contributed by atoms with van der Waals surface area (Å²) in [7, 11) is -3.36. The summed E-state index contributed by atoms with van der Waals surface area (Å²) in [5.74, 6) is 0. The molecule has 0 saturated carbocycles. The zero-order valence-electron chi connectivity index (χ0n) is 42.6. The van der Waals surface area contributed by atoms with Crippen molar-refractivity contribution >= 4 is 78.6 Å². The predicted molar refractivity (Wildman–Crippen MR) is 325 cm³/mol. The largest absolute Gasteiger partial charge is 0.422 e. The van der Waals surface area contributed by atoms with Crippen LogP contribution in [0.1, 0.15) is 17.1 Å². The minimum Gasteiger partial charge on any atom is -0.422 e. The molecular weight excluding hydrogens is 981 g/mol. The molecule has 0 unspecified atom stereocenters. The first-order valence-electron chi connectivity index (χ1n) is 25.7. The number of rotatable bonds is 15. The molecule has 0 spiro atoms. The average molecular weight is 1030 g/mol. The molecule has 12 aromatic rings. The van der Waals surface area contributed by atoms with Crippen molar-refractivity contribution < 1.29 is 0 Å². The maximum Gasteiger partial charge on any atom is 0.261 e. The van der Waals surface area contributed by atoms with Gasteiger partial charge in [0, 0.05) is 16.7 Å². The van der Waals surface area contributed by atoms with Gasteiger partial charge in [0.15, 0.2) is 0 Å². The minimum absolute atomic E-state index is 0.609. The highest BCUT2D eigenvalue weighted by Gasteiger charge is 2.27. The normalized spacial score (nSPS) is 11.6. The molecule has 12 rings (SSSR count). The van der Waals surface area contributed by atoms with Crippen LogP contribution in [0.25, 0.3) is 33.8 Å². The van der Waals surface area contributed by atoms with Gasteiger partial charge in [-0.05, 0) is 128 Å². The van der Waals surface area contributed by atoms with Gasteiger partial charge < -0.3 is 13.8 Å². The van der Waals surface area contributed by atoms with Crippen LogP contribution in [-0.2, 0) is 0 Å². The lowest BCUT2D eigenvalue weighted by Gasteiger charge is -2.33. The van der Waals surface area contributed by atoms with E-state index < -0.39 is 30.9 Å². The molecule has 9 aromatic carbocycles. The Balaban J connectivity index is 1.04. The number of hydrogen-bond acceptors (Lipinski definition) is 3. The molecule has 0 bridgehead atoms. The van der Waals surface area contributed by atoms with Gasteiger partial charge in [-0.15, -0.1) is 0 Å². The highest BCUT2D eigenvalue weighted by atomic mass is 31.1. The van der Waals surface area contributed by atoms with E-state index in [0.29, 0.717) is 0 Å². The summed E-state index contributed by atoms with van der Waals surface area (Å²) in [6.07, 6.45) is 0. The summed E-state index contributed by atoms with van der Waals surface area (Å²) in [5, 5.41) is 28.5. The van der Waals surface area contributed by atoms with Gasteiger partial charge in [-0.25, -0.2) is 15.3 Å². The second-order valence-electron chi connectivity index (χ2n) is 18.8. The Bertz CT molecular complexity index is 3360. The van der Waals surface area contributed by atoms with Crippen molar-refractivity contribution in [1.82, 2.24) is 29.1 Å². The van der Waals surface area contributed by atoms with E-state index in [1.165, 1.54) is 47.7 Å². The third kappa shape index (κ3) is 9.75. The smallest absolute Gasteiger partial charge is 0.261 e. The fourth-order valence-corrected chi connectivity index (χ4v) is 17.7. The molecule has 0 atom stereocenters. The van der Waals surface area contributed by atoms with Crippen LogP contribution in [0, 0.1) is 20.8 Å². The Kier molecular flexibility index (Phi) is 14.2. The molecule has 0 aliphatic heterocycles. The fraction of sp³-hybridized carbons (Fsp3) is 0.0455. The Labute approximate surface area is 449 Å². The van der Waals surface area contributed by atoms with Crippen LogP contribution in [-0.4, -0.2) is 36.2 Å². The molecule has 0 saturated heterocycles. The van der Waals surface area contributed by atoms with Gasteiger partial charge in [0.2, 0.25) is 0 Å². The maximum absolute atomic E-state index is 5.67. The van der Waals surface area contributed by atoms with Crippen LogP contribution in [0.3, 0.4) is 0 Å². The van der Waals surface area contributed by atoms with Crippen molar-refractivity contribution in [2.24, 2.45) is 0 Å². The summed E-state index contributed by atoms with van der Waals surface area (Å²) < 4.78 is 6.39. The van der Waals surface area contributed by atoms with E-state index in [1.807, 2.05) is 0 Å². The van der Waals surface area contributed by atoms with E-state index in [4.69, 9.17) is 15.3 Å². The molecule has 367 valence electrons. The first-order valence-corrected chi connectivity index (χ1v) is 29.7. The molecule has 3 aromatic heterocycles. The van der Waals surface area contributed by atoms with Crippen molar-refractivity contribution in [3.63, 3.8) is 0 Å². The maximum atomic E-state index is 5.67. The summed E-state index contributed by atoms with van der Waals surface area (Å²) in [6, 6.07) is 98.6. The Hall–Kier alpha value is -8.04. The second-order valence-corrected chi connectivity index (χ2v) is 25.3. The molecule has 1 radical (unpaired) electrons.